The molecule has 0 N–H and O–H groups in total. The third kappa shape index (κ3) is 1.80. The number of aliphatic imine (C=N–C) groups is 1. The molecule has 2 aromatic rings. The van der Waals surface area contributed by atoms with Gasteiger partial charge in [0.1, 0.15) is 0 Å². The van der Waals surface area contributed by atoms with E-state index in [0.29, 0.717) is 0 Å². The minimum atomic E-state index is 0.874. The number of pyridine rings is 1. The molecule has 0 spiro atoms. The molecule has 0 saturated carbocycles. The van der Waals surface area contributed by atoms with Gasteiger partial charge in [-0.15, -0.1) is 0 Å². The number of aromatic nitrogens is 1. The minimum Gasteiger partial charge on any atom is -0.256 e. The van der Waals surface area contributed by atoms with Crippen molar-refractivity contribution in [3.8, 4) is 0 Å². The van der Waals surface area contributed by atoms with Crippen molar-refractivity contribution in [2.75, 3.05) is 0 Å². The van der Waals surface area contributed by atoms with Gasteiger partial charge in [-0.25, -0.2) is 0 Å². The fourth-order valence-corrected chi connectivity index (χ4v) is 1.80. The third-order valence-electron chi connectivity index (χ3n) is 2.37. The van der Waals surface area contributed by atoms with E-state index in [4.69, 9.17) is 0 Å². The maximum absolute atomic E-state index is 4.63. The maximum atomic E-state index is 4.63. The molecule has 0 atom stereocenters. The number of rotatable bonds is 2. The van der Waals surface area contributed by atoms with Crippen LogP contribution in [0.4, 0.5) is 5.69 Å². The summed E-state index contributed by atoms with van der Waals surface area (Å²) >= 11 is 4.63. The topological polar surface area (TPSA) is 25.2 Å². The van der Waals surface area contributed by atoms with Crippen molar-refractivity contribution in [1.29, 1.82) is 0 Å². The van der Waals surface area contributed by atoms with Crippen molar-refractivity contribution >= 4 is 34.0 Å². The summed E-state index contributed by atoms with van der Waals surface area (Å²) in [7, 11) is 0. The fourth-order valence-electron chi connectivity index (χ4n) is 1.70. The molecule has 3 heteroatoms. The van der Waals surface area contributed by atoms with Gasteiger partial charge in [-0.2, -0.15) is 4.99 Å². The van der Waals surface area contributed by atoms with Gasteiger partial charge in [-0.3, -0.25) is 4.98 Å². The molecule has 0 saturated heterocycles. The molecule has 0 amide bonds. The van der Waals surface area contributed by atoms with Crippen LogP contribution in [0.2, 0.25) is 0 Å². The van der Waals surface area contributed by atoms with Crippen LogP contribution in [0.25, 0.3) is 10.9 Å². The van der Waals surface area contributed by atoms with Crippen molar-refractivity contribution in [2.24, 2.45) is 4.99 Å². The molecule has 15 heavy (non-hydrogen) atoms. The normalized spacial score (nSPS) is 9.93. The largest absolute Gasteiger partial charge is 0.256 e. The zero-order valence-corrected chi connectivity index (χ0v) is 9.21. The highest BCUT2D eigenvalue weighted by Gasteiger charge is 2.05. The second-order valence-corrected chi connectivity index (χ2v) is 3.38. The lowest BCUT2D eigenvalue weighted by Gasteiger charge is -2.05. The summed E-state index contributed by atoms with van der Waals surface area (Å²) in [6, 6.07) is 7.95. The Hall–Kier alpha value is -1.57. The van der Waals surface area contributed by atoms with E-state index < -0.39 is 0 Å². The van der Waals surface area contributed by atoms with E-state index in [1.165, 1.54) is 0 Å². The van der Waals surface area contributed by atoms with Crippen LogP contribution in [-0.2, 0) is 6.42 Å². The first kappa shape index (κ1) is 9.97. The number of aryl methyl sites for hydroxylation is 1. The minimum absolute atomic E-state index is 0.874. The summed E-state index contributed by atoms with van der Waals surface area (Å²) in [4.78, 5) is 8.43. The first-order chi connectivity index (χ1) is 7.36. The zero-order valence-electron chi connectivity index (χ0n) is 8.40. The van der Waals surface area contributed by atoms with E-state index in [9.17, 15) is 0 Å². The fraction of sp³-hybridized carbons (Fsp3) is 0.167. The van der Waals surface area contributed by atoms with Crippen molar-refractivity contribution < 1.29 is 0 Å². The number of fused-ring (bicyclic) bond motifs is 1. The molecule has 2 rings (SSSR count). The van der Waals surface area contributed by atoms with E-state index in [0.717, 1.165) is 28.6 Å². The van der Waals surface area contributed by atoms with Gasteiger partial charge in [0.25, 0.3) is 0 Å². The first-order valence-corrected chi connectivity index (χ1v) is 5.22. The van der Waals surface area contributed by atoms with Crippen LogP contribution in [-0.4, -0.2) is 10.1 Å². The summed E-state index contributed by atoms with van der Waals surface area (Å²) < 4.78 is 0. The summed E-state index contributed by atoms with van der Waals surface area (Å²) in [5, 5.41) is 3.54. The van der Waals surface area contributed by atoms with Crippen LogP contribution in [0.15, 0.2) is 35.5 Å². The van der Waals surface area contributed by atoms with Crippen molar-refractivity contribution in [2.45, 2.75) is 13.3 Å². The van der Waals surface area contributed by atoms with Gasteiger partial charge in [0.05, 0.1) is 16.4 Å². The second-order valence-electron chi connectivity index (χ2n) is 3.20. The zero-order chi connectivity index (χ0) is 10.7. The van der Waals surface area contributed by atoms with E-state index in [2.05, 4.69) is 34.3 Å². The summed E-state index contributed by atoms with van der Waals surface area (Å²) in [6.07, 6.45) is 2.69. The highest BCUT2D eigenvalue weighted by molar-refractivity contribution is 7.78. The standard InChI is InChI=1S/C12H10N2S/c1-2-10-11(14-8-15)6-5-9-4-3-7-13-12(9)10/h3-7H,2H2,1H3. The van der Waals surface area contributed by atoms with Crippen LogP contribution < -0.4 is 0 Å². The van der Waals surface area contributed by atoms with Crippen molar-refractivity contribution in [1.82, 2.24) is 4.98 Å². The number of thiocarbonyl (C=S) groups is 1. The van der Waals surface area contributed by atoms with Crippen LogP contribution in [0.3, 0.4) is 0 Å². The molecule has 0 aliphatic rings. The number of nitrogens with zero attached hydrogens (tertiary/aromatic N) is 2. The highest BCUT2D eigenvalue weighted by atomic mass is 32.1. The Labute approximate surface area is 93.7 Å². The number of benzene rings is 1. The highest BCUT2D eigenvalue weighted by Crippen LogP contribution is 2.26. The van der Waals surface area contributed by atoms with Gasteiger partial charge in [-0.1, -0.05) is 19.1 Å². The third-order valence-corrected chi connectivity index (χ3v) is 2.47. The summed E-state index contributed by atoms with van der Waals surface area (Å²) in [5.41, 5.74) is 3.01. The molecule has 0 aliphatic carbocycles. The molecule has 2 nitrogen and oxygen atoms in total. The Kier molecular flexibility index (Phi) is 2.86. The lowest BCUT2D eigenvalue weighted by molar-refractivity contribution is 1.14. The molecule has 0 radical (unpaired) electrons. The SMILES string of the molecule is CCc1c(N=C=S)ccc2cccnc12. The second kappa shape index (κ2) is 4.30. The molecule has 74 valence electrons. The van der Waals surface area contributed by atoms with Crippen LogP contribution in [0.5, 0.6) is 0 Å². The molecule has 0 aliphatic heterocycles. The predicted molar refractivity (Wildman–Crippen MR) is 65.8 cm³/mol. The predicted octanol–water partition coefficient (Wildman–Crippen LogP) is 3.53. The summed E-state index contributed by atoms with van der Waals surface area (Å²) in [5.74, 6) is 0. The van der Waals surface area contributed by atoms with E-state index >= 15 is 0 Å². The van der Waals surface area contributed by atoms with E-state index in [1.54, 1.807) is 6.20 Å². The molecule has 0 bridgehead atoms. The Morgan fingerprint density at radius 3 is 3.00 bits per heavy atom. The monoisotopic (exact) mass is 214 g/mol. The van der Waals surface area contributed by atoms with Gasteiger partial charge >= 0.3 is 0 Å². The van der Waals surface area contributed by atoms with Crippen molar-refractivity contribution in [3.63, 3.8) is 0 Å². The number of hydrogen-bond acceptors (Lipinski definition) is 3. The van der Waals surface area contributed by atoms with Crippen LogP contribution >= 0.6 is 12.2 Å². The Morgan fingerprint density at radius 1 is 1.40 bits per heavy atom. The van der Waals surface area contributed by atoms with E-state index in [1.807, 2.05) is 24.3 Å². The van der Waals surface area contributed by atoms with Gasteiger partial charge in [0, 0.05) is 17.1 Å². The van der Waals surface area contributed by atoms with Gasteiger partial charge in [0.2, 0.25) is 0 Å². The quantitative estimate of drug-likeness (QED) is 0.564. The maximum Gasteiger partial charge on any atom is 0.0793 e. The smallest absolute Gasteiger partial charge is 0.0793 e. The van der Waals surface area contributed by atoms with Crippen LogP contribution in [0.1, 0.15) is 12.5 Å². The molecular formula is C12H10N2S. The number of isothiocyanates is 1. The number of hydrogen-bond donors (Lipinski definition) is 0. The lowest BCUT2D eigenvalue weighted by Crippen LogP contribution is -1.87. The molecule has 1 heterocycles. The van der Waals surface area contributed by atoms with Gasteiger partial charge < -0.3 is 0 Å². The molecule has 0 unspecified atom stereocenters. The Morgan fingerprint density at radius 2 is 2.27 bits per heavy atom. The first-order valence-electron chi connectivity index (χ1n) is 4.81. The molecule has 1 aromatic carbocycles. The average molecular weight is 214 g/mol. The van der Waals surface area contributed by atoms with Gasteiger partial charge in [-0.05, 0) is 30.8 Å². The van der Waals surface area contributed by atoms with E-state index in [-0.39, 0.29) is 0 Å². The Bertz CT molecular complexity index is 542. The molecule has 1 aromatic heterocycles. The van der Waals surface area contributed by atoms with Crippen LogP contribution in [0, 0.1) is 0 Å². The Balaban J connectivity index is 2.80. The average Bonchev–Trinajstić information content (AvgIpc) is 2.29. The van der Waals surface area contributed by atoms with Gasteiger partial charge in [0.15, 0.2) is 0 Å². The lowest BCUT2D eigenvalue weighted by atomic mass is 10.1. The summed E-state index contributed by atoms with van der Waals surface area (Å²) in [6.45, 7) is 2.09. The van der Waals surface area contributed by atoms with Crippen molar-refractivity contribution in [3.05, 3.63) is 36.0 Å². The molecule has 0 fully saturated rings. The molecular weight excluding hydrogens is 204 g/mol.